The zero-order chi connectivity index (χ0) is 15.6. The Hall–Kier alpha value is -1.61. The standard InChI is InChI=1S/C20H22O2S/c23-20-7-2-1-4-16(20)12-17(15-5-3-6-15)10-14-8-9-18-19(11-14)22-13-21-18/h1-2,4,7-9,11,15,17,23H,3,5-6,10,12-13H2. The molecule has 0 spiro atoms. The van der Waals surface area contributed by atoms with Gasteiger partial charge in [-0.05, 0) is 54.0 Å². The maximum Gasteiger partial charge on any atom is 0.231 e. The van der Waals surface area contributed by atoms with Crippen LogP contribution in [0.25, 0.3) is 0 Å². The van der Waals surface area contributed by atoms with Gasteiger partial charge in [-0.25, -0.2) is 0 Å². The summed E-state index contributed by atoms with van der Waals surface area (Å²) < 4.78 is 10.9. The summed E-state index contributed by atoms with van der Waals surface area (Å²) in [4.78, 5) is 1.11. The van der Waals surface area contributed by atoms with Crippen LogP contribution in [-0.4, -0.2) is 6.79 Å². The zero-order valence-corrected chi connectivity index (χ0v) is 14.1. The van der Waals surface area contributed by atoms with E-state index < -0.39 is 0 Å². The number of thiol groups is 1. The van der Waals surface area contributed by atoms with Crippen molar-refractivity contribution in [3.63, 3.8) is 0 Å². The molecular weight excluding hydrogens is 304 g/mol. The van der Waals surface area contributed by atoms with Gasteiger partial charge in [-0.2, -0.15) is 0 Å². The molecule has 23 heavy (non-hydrogen) atoms. The summed E-state index contributed by atoms with van der Waals surface area (Å²) >= 11 is 4.63. The minimum atomic E-state index is 0.345. The molecule has 2 nitrogen and oxygen atoms in total. The third kappa shape index (κ3) is 3.20. The Labute approximate surface area is 143 Å². The maximum absolute atomic E-state index is 5.52. The van der Waals surface area contributed by atoms with E-state index in [1.54, 1.807) is 0 Å². The van der Waals surface area contributed by atoms with Crippen molar-refractivity contribution in [2.24, 2.45) is 11.8 Å². The Morgan fingerprint density at radius 1 is 1.00 bits per heavy atom. The number of benzene rings is 2. The Balaban J connectivity index is 1.53. The molecule has 2 aromatic rings. The van der Waals surface area contributed by atoms with E-state index in [-0.39, 0.29) is 0 Å². The zero-order valence-electron chi connectivity index (χ0n) is 13.2. The van der Waals surface area contributed by atoms with Crippen LogP contribution >= 0.6 is 12.6 Å². The van der Waals surface area contributed by atoms with Gasteiger partial charge in [0.15, 0.2) is 11.5 Å². The van der Waals surface area contributed by atoms with Crippen LogP contribution in [0.1, 0.15) is 30.4 Å². The minimum absolute atomic E-state index is 0.345. The Kier molecular flexibility index (Phi) is 4.21. The molecule has 120 valence electrons. The van der Waals surface area contributed by atoms with Gasteiger partial charge >= 0.3 is 0 Å². The molecule has 1 fully saturated rings. The van der Waals surface area contributed by atoms with E-state index in [0.717, 1.165) is 35.2 Å². The molecule has 2 aromatic carbocycles. The monoisotopic (exact) mass is 326 g/mol. The molecule has 1 aliphatic carbocycles. The maximum atomic E-state index is 5.52. The fraction of sp³-hybridized carbons (Fsp3) is 0.400. The van der Waals surface area contributed by atoms with E-state index in [2.05, 4.69) is 49.0 Å². The predicted molar refractivity (Wildman–Crippen MR) is 94.5 cm³/mol. The molecule has 1 atom stereocenters. The van der Waals surface area contributed by atoms with Gasteiger partial charge in [0, 0.05) is 4.90 Å². The molecule has 0 radical (unpaired) electrons. The average Bonchev–Trinajstić information content (AvgIpc) is 2.95. The number of hydrogen-bond donors (Lipinski definition) is 1. The van der Waals surface area contributed by atoms with Crippen LogP contribution in [0.4, 0.5) is 0 Å². The molecule has 3 heteroatoms. The number of ether oxygens (including phenoxy) is 2. The summed E-state index contributed by atoms with van der Waals surface area (Å²) in [5.41, 5.74) is 2.72. The van der Waals surface area contributed by atoms with Crippen molar-refractivity contribution in [3.05, 3.63) is 53.6 Å². The van der Waals surface area contributed by atoms with E-state index in [9.17, 15) is 0 Å². The lowest BCUT2D eigenvalue weighted by Gasteiger charge is -2.34. The highest BCUT2D eigenvalue weighted by atomic mass is 32.1. The third-order valence-electron chi connectivity index (χ3n) is 5.23. The molecule has 1 saturated carbocycles. The minimum Gasteiger partial charge on any atom is -0.454 e. The van der Waals surface area contributed by atoms with E-state index in [4.69, 9.17) is 9.47 Å². The van der Waals surface area contributed by atoms with E-state index in [1.165, 1.54) is 30.4 Å². The molecule has 0 bridgehead atoms. The molecule has 0 saturated heterocycles. The van der Waals surface area contributed by atoms with Gasteiger partial charge in [0.05, 0.1) is 0 Å². The van der Waals surface area contributed by atoms with Gasteiger partial charge in [-0.3, -0.25) is 0 Å². The van der Waals surface area contributed by atoms with E-state index in [1.807, 2.05) is 6.07 Å². The highest BCUT2D eigenvalue weighted by molar-refractivity contribution is 7.80. The molecule has 1 unspecified atom stereocenters. The highest BCUT2D eigenvalue weighted by Gasteiger charge is 2.28. The van der Waals surface area contributed by atoms with Gasteiger partial charge < -0.3 is 9.47 Å². The second kappa shape index (κ2) is 6.48. The lowest BCUT2D eigenvalue weighted by atomic mass is 9.71. The topological polar surface area (TPSA) is 18.5 Å². The summed E-state index contributed by atoms with van der Waals surface area (Å²) in [6.45, 7) is 0.345. The van der Waals surface area contributed by atoms with Crippen molar-refractivity contribution in [2.75, 3.05) is 6.79 Å². The van der Waals surface area contributed by atoms with Crippen LogP contribution in [0, 0.1) is 11.8 Å². The third-order valence-corrected chi connectivity index (χ3v) is 5.66. The van der Waals surface area contributed by atoms with Crippen LogP contribution in [0.2, 0.25) is 0 Å². The molecule has 2 aliphatic rings. The molecule has 0 aromatic heterocycles. The molecule has 0 N–H and O–H groups in total. The second-order valence-corrected chi connectivity index (χ2v) is 7.16. The summed E-state index contributed by atoms with van der Waals surface area (Å²) in [5.74, 6) is 3.28. The highest BCUT2D eigenvalue weighted by Crippen LogP contribution is 2.39. The van der Waals surface area contributed by atoms with Crippen molar-refractivity contribution < 1.29 is 9.47 Å². The normalized spacial score (nSPS) is 17.8. The summed E-state index contributed by atoms with van der Waals surface area (Å²) in [7, 11) is 0. The Morgan fingerprint density at radius 3 is 2.61 bits per heavy atom. The lowest BCUT2D eigenvalue weighted by molar-refractivity contribution is 0.174. The van der Waals surface area contributed by atoms with Crippen LogP contribution < -0.4 is 9.47 Å². The van der Waals surface area contributed by atoms with Crippen molar-refractivity contribution in [3.8, 4) is 11.5 Å². The largest absolute Gasteiger partial charge is 0.454 e. The second-order valence-electron chi connectivity index (χ2n) is 6.68. The predicted octanol–water partition coefficient (Wildman–Crippen LogP) is 4.91. The van der Waals surface area contributed by atoms with Crippen molar-refractivity contribution >= 4 is 12.6 Å². The fourth-order valence-electron chi connectivity index (χ4n) is 3.65. The quantitative estimate of drug-likeness (QED) is 0.787. The van der Waals surface area contributed by atoms with Crippen LogP contribution in [0.15, 0.2) is 47.4 Å². The van der Waals surface area contributed by atoms with Crippen LogP contribution in [-0.2, 0) is 12.8 Å². The molecule has 1 heterocycles. The van der Waals surface area contributed by atoms with Gasteiger partial charge in [0.2, 0.25) is 6.79 Å². The molecular formula is C20H22O2S. The summed E-state index contributed by atoms with van der Waals surface area (Å²) in [5, 5.41) is 0. The first-order valence-corrected chi connectivity index (χ1v) is 8.90. The van der Waals surface area contributed by atoms with Crippen molar-refractivity contribution in [1.29, 1.82) is 0 Å². The lowest BCUT2D eigenvalue weighted by Crippen LogP contribution is -2.25. The van der Waals surface area contributed by atoms with Gasteiger partial charge in [0.25, 0.3) is 0 Å². The number of rotatable bonds is 5. The fourth-order valence-corrected chi connectivity index (χ4v) is 3.91. The van der Waals surface area contributed by atoms with Crippen molar-refractivity contribution in [2.45, 2.75) is 37.0 Å². The first kappa shape index (κ1) is 14.9. The molecule has 1 aliphatic heterocycles. The number of hydrogen-bond acceptors (Lipinski definition) is 3. The van der Waals surface area contributed by atoms with E-state index >= 15 is 0 Å². The molecule has 4 rings (SSSR count). The number of fused-ring (bicyclic) bond motifs is 1. The first-order chi connectivity index (χ1) is 11.3. The van der Waals surface area contributed by atoms with Gasteiger partial charge in [0.1, 0.15) is 0 Å². The van der Waals surface area contributed by atoms with E-state index in [0.29, 0.717) is 12.7 Å². The van der Waals surface area contributed by atoms with Gasteiger partial charge in [-0.15, -0.1) is 12.6 Å². The SMILES string of the molecule is Sc1ccccc1CC(Cc1ccc2c(c1)OCO2)C1CCC1. The Morgan fingerprint density at radius 2 is 1.83 bits per heavy atom. The van der Waals surface area contributed by atoms with Crippen LogP contribution in [0.3, 0.4) is 0 Å². The Bertz CT molecular complexity index is 694. The molecule has 0 amide bonds. The summed E-state index contributed by atoms with van der Waals surface area (Å²) in [6, 6.07) is 14.9. The first-order valence-electron chi connectivity index (χ1n) is 8.45. The average molecular weight is 326 g/mol. The van der Waals surface area contributed by atoms with Crippen LogP contribution in [0.5, 0.6) is 11.5 Å². The smallest absolute Gasteiger partial charge is 0.231 e. The summed E-state index contributed by atoms with van der Waals surface area (Å²) in [6.07, 6.45) is 6.32. The van der Waals surface area contributed by atoms with Gasteiger partial charge in [-0.1, -0.05) is 43.5 Å². The van der Waals surface area contributed by atoms with Crippen molar-refractivity contribution in [1.82, 2.24) is 0 Å².